The number of pyridine rings is 1. The van der Waals surface area contributed by atoms with Crippen LogP contribution in [0.3, 0.4) is 0 Å². The Labute approximate surface area is 221 Å². The van der Waals surface area contributed by atoms with Gasteiger partial charge in [-0.1, -0.05) is 55.8 Å². The molecule has 37 heavy (non-hydrogen) atoms. The normalized spacial score (nSPS) is 14.4. The zero-order valence-electron chi connectivity index (χ0n) is 21.6. The van der Waals surface area contributed by atoms with Crippen molar-refractivity contribution in [1.82, 2.24) is 4.57 Å². The van der Waals surface area contributed by atoms with E-state index in [2.05, 4.69) is 13.8 Å². The van der Waals surface area contributed by atoms with Crippen LogP contribution in [0.5, 0.6) is 11.5 Å². The van der Waals surface area contributed by atoms with Crippen molar-refractivity contribution in [2.75, 3.05) is 34.0 Å². The van der Waals surface area contributed by atoms with Crippen LogP contribution in [0.2, 0.25) is 5.02 Å². The maximum atomic E-state index is 13.8. The number of halogens is 1. The van der Waals surface area contributed by atoms with Crippen molar-refractivity contribution < 1.29 is 23.7 Å². The summed E-state index contributed by atoms with van der Waals surface area (Å²) in [5, 5.41) is 0.407. The topological polar surface area (TPSA) is 76.0 Å². The smallest absolute Gasteiger partial charge is 0.343 e. The molecule has 0 N–H and O–H groups in total. The van der Waals surface area contributed by atoms with Gasteiger partial charge in [0.2, 0.25) is 0 Å². The number of carbonyl (C=O) groups excluding carboxylic acids is 1. The summed E-state index contributed by atoms with van der Waals surface area (Å²) in [4.78, 5) is 26.4. The van der Waals surface area contributed by atoms with Crippen LogP contribution in [0.15, 0.2) is 53.3 Å². The minimum Gasteiger partial charge on any atom is -0.492 e. The summed E-state index contributed by atoms with van der Waals surface area (Å²) in [5.74, 6) is 0.492. The number of methoxy groups -OCH3 is 2. The van der Waals surface area contributed by atoms with Gasteiger partial charge in [0.1, 0.15) is 17.1 Å². The van der Waals surface area contributed by atoms with Crippen molar-refractivity contribution in [3.8, 4) is 22.8 Å². The van der Waals surface area contributed by atoms with Crippen LogP contribution in [0.4, 0.5) is 0 Å². The number of aromatic nitrogens is 1. The van der Waals surface area contributed by atoms with Gasteiger partial charge in [0.15, 0.2) is 0 Å². The van der Waals surface area contributed by atoms with E-state index in [1.54, 1.807) is 29.9 Å². The summed E-state index contributed by atoms with van der Waals surface area (Å²) in [6.07, 6.45) is 0.718. The van der Waals surface area contributed by atoms with Crippen LogP contribution in [0.25, 0.3) is 11.3 Å². The minimum absolute atomic E-state index is 0.00419. The van der Waals surface area contributed by atoms with E-state index < -0.39 is 11.5 Å². The van der Waals surface area contributed by atoms with Crippen molar-refractivity contribution in [3.63, 3.8) is 0 Å². The lowest BCUT2D eigenvalue weighted by Crippen LogP contribution is -2.31. The molecule has 3 aromatic rings. The molecule has 0 saturated carbocycles. The molecule has 0 aliphatic carbocycles. The lowest BCUT2D eigenvalue weighted by molar-refractivity contribution is 0.0597. The van der Waals surface area contributed by atoms with Gasteiger partial charge in [-0.25, -0.2) is 4.79 Å². The molecule has 0 spiro atoms. The van der Waals surface area contributed by atoms with E-state index in [1.807, 2.05) is 30.3 Å². The first-order chi connectivity index (χ1) is 17.8. The van der Waals surface area contributed by atoms with Crippen LogP contribution in [0.1, 0.15) is 47.7 Å². The Morgan fingerprint density at radius 3 is 2.57 bits per heavy atom. The minimum atomic E-state index is -0.666. The molecule has 8 heteroatoms. The number of ether oxygens (including phenoxy) is 4. The molecule has 0 unspecified atom stereocenters. The van der Waals surface area contributed by atoms with Gasteiger partial charge in [0, 0.05) is 37.7 Å². The molecule has 4 rings (SSSR count). The number of hydrogen-bond acceptors (Lipinski definition) is 6. The maximum Gasteiger partial charge on any atom is 0.343 e. The summed E-state index contributed by atoms with van der Waals surface area (Å²) in [5.41, 5.74) is 2.69. The third-order valence-electron chi connectivity index (χ3n) is 6.57. The second-order valence-corrected chi connectivity index (χ2v) is 9.77. The zero-order valence-corrected chi connectivity index (χ0v) is 22.3. The Bertz CT molecular complexity index is 1320. The van der Waals surface area contributed by atoms with Crippen molar-refractivity contribution >= 4 is 17.6 Å². The molecule has 0 bridgehead atoms. The average Bonchev–Trinajstić information content (AvgIpc) is 3.04. The first-order valence-electron chi connectivity index (χ1n) is 12.3. The maximum absolute atomic E-state index is 13.8. The fourth-order valence-electron chi connectivity index (χ4n) is 4.60. The molecule has 1 aliphatic rings. The molecule has 196 valence electrons. The predicted octanol–water partition coefficient (Wildman–Crippen LogP) is 5.55. The first-order valence-corrected chi connectivity index (χ1v) is 12.7. The Kier molecular flexibility index (Phi) is 8.56. The summed E-state index contributed by atoms with van der Waals surface area (Å²) in [7, 11) is 2.92. The van der Waals surface area contributed by atoms with Gasteiger partial charge in [-0.15, -0.1) is 0 Å². The molecule has 0 saturated heterocycles. The number of fused-ring (bicyclic) bond motifs is 3. The second-order valence-electron chi connectivity index (χ2n) is 9.37. The second kappa shape index (κ2) is 11.8. The summed E-state index contributed by atoms with van der Waals surface area (Å²) < 4.78 is 23.9. The highest BCUT2D eigenvalue weighted by molar-refractivity contribution is 6.32. The van der Waals surface area contributed by atoms with Gasteiger partial charge < -0.3 is 23.5 Å². The van der Waals surface area contributed by atoms with Crippen LogP contribution in [0, 0.1) is 5.92 Å². The molecule has 2 heterocycles. The van der Waals surface area contributed by atoms with Crippen molar-refractivity contribution in [1.29, 1.82) is 0 Å². The third kappa shape index (κ3) is 5.68. The fourth-order valence-corrected chi connectivity index (χ4v) is 4.82. The SMILES string of the molecule is COCCCOc1cc2c(cc1Cl)-c1c(cc(C(=O)OC)c(=O)n1Cc1ccccc1)[C@H](C(C)C)CO2. The number of benzene rings is 2. The van der Waals surface area contributed by atoms with Crippen LogP contribution in [-0.2, 0) is 16.0 Å². The van der Waals surface area contributed by atoms with Crippen molar-refractivity contribution in [2.24, 2.45) is 5.92 Å². The Hall–Kier alpha value is -3.29. The number of carbonyl (C=O) groups is 1. The molecule has 2 aromatic carbocycles. The fraction of sp³-hybridized carbons (Fsp3) is 0.379. The van der Waals surface area contributed by atoms with Gasteiger partial charge >= 0.3 is 5.97 Å². The van der Waals surface area contributed by atoms with Crippen molar-refractivity contribution in [3.05, 3.63) is 80.6 Å². The number of esters is 1. The Balaban J connectivity index is 1.95. The average molecular weight is 526 g/mol. The van der Waals surface area contributed by atoms with E-state index in [0.717, 1.165) is 17.5 Å². The van der Waals surface area contributed by atoms with Crippen molar-refractivity contribution in [2.45, 2.75) is 32.7 Å². The van der Waals surface area contributed by atoms with Gasteiger partial charge in [-0.05, 0) is 29.2 Å². The van der Waals surface area contributed by atoms with E-state index in [4.69, 9.17) is 30.5 Å². The molecule has 7 nitrogen and oxygen atoms in total. The quantitative estimate of drug-likeness (QED) is 0.269. The standard InChI is InChI=1S/C29H32ClNO6/c1-18(2)23-17-37-25-15-26(36-12-8-11-34-3)24(30)14-21(25)27-20(23)13-22(29(33)35-4)28(32)31(27)16-19-9-6-5-7-10-19/h5-7,9-10,13-15,18,23H,8,11-12,16-17H2,1-4H3/t23-/m0/s1. The van der Waals surface area contributed by atoms with Gasteiger partial charge in [-0.3, -0.25) is 4.79 Å². The molecule has 1 aliphatic heterocycles. The highest BCUT2D eigenvalue weighted by atomic mass is 35.5. The monoisotopic (exact) mass is 525 g/mol. The number of nitrogens with zero attached hydrogens (tertiary/aromatic N) is 1. The van der Waals surface area contributed by atoms with E-state index in [1.165, 1.54) is 7.11 Å². The van der Waals surface area contributed by atoms with E-state index in [-0.39, 0.29) is 23.9 Å². The highest BCUT2D eigenvalue weighted by Crippen LogP contribution is 2.45. The molecule has 0 amide bonds. The van der Waals surface area contributed by atoms with Crippen LogP contribution >= 0.6 is 11.6 Å². The third-order valence-corrected chi connectivity index (χ3v) is 6.87. The van der Waals surface area contributed by atoms with Gasteiger partial charge in [-0.2, -0.15) is 0 Å². The lowest BCUT2D eigenvalue weighted by Gasteiger charge is -2.24. The van der Waals surface area contributed by atoms with Gasteiger partial charge in [0.25, 0.3) is 5.56 Å². The molecule has 1 atom stereocenters. The predicted molar refractivity (Wildman–Crippen MR) is 143 cm³/mol. The summed E-state index contributed by atoms with van der Waals surface area (Å²) in [6.45, 7) is 5.84. The Morgan fingerprint density at radius 1 is 1.14 bits per heavy atom. The van der Waals surface area contributed by atoms with Crippen LogP contribution in [-0.4, -0.2) is 44.6 Å². The van der Waals surface area contributed by atoms with E-state index >= 15 is 0 Å². The number of rotatable bonds is 9. The molecule has 0 radical (unpaired) electrons. The molecular weight excluding hydrogens is 494 g/mol. The van der Waals surface area contributed by atoms with Gasteiger partial charge in [0.05, 0.1) is 37.6 Å². The highest BCUT2D eigenvalue weighted by Gasteiger charge is 2.32. The first kappa shape index (κ1) is 26.8. The summed E-state index contributed by atoms with van der Waals surface area (Å²) >= 11 is 6.68. The lowest BCUT2D eigenvalue weighted by atomic mass is 9.86. The number of hydrogen-bond donors (Lipinski definition) is 0. The van der Waals surface area contributed by atoms with Crippen LogP contribution < -0.4 is 15.0 Å². The zero-order chi connectivity index (χ0) is 26.5. The molecule has 1 aromatic heterocycles. The van der Waals surface area contributed by atoms with E-state index in [0.29, 0.717) is 47.6 Å². The Morgan fingerprint density at radius 2 is 1.89 bits per heavy atom. The molecule has 0 fully saturated rings. The molecular formula is C29H32ClNO6. The summed E-state index contributed by atoms with van der Waals surface area (Å²) in [6, 6.07) is 14.9. The van der Waals surface area contributed by atoms with E-state index in [9.17, 15) is 9.59 Å². The largest absolute Gasteiger partial charge is 0.492 e.